The van der Waals surface area contributed by atoms with Crippen LogP contribution in [0.1, 0.15) is 48.5 Å². The van der Waals surface area contributed by atoms with E-state index in [1.807, 2.05) is 26.0 Å². The lowest BCUT2D eigenvalue weighted by atomic mass is 10.0. The molecule has 2 unspecified atom stereocenters. The number of nitrogens with zero attached hydrogens (tertiary/aromatic N) is 1. The summed E-state index contributed by atoms with van der Waals surface area (Å²) in [5.41, 5.74) is 3.04. The van der Waals surface area contributed by atoms with E-state index >= 15 is 0 Å². The first-order valence-corrected chi connectivity index (χ1v) is 7.29. The zero-order valence-corrected chi connectivity index (χ0v) is 13.5. The molecule has 108 valence electrons. The summed E-state index contributed by atoms with van der Waals surface area (Å²) in [6.07, 6.45) is 0. The number of hydrogen-bond donors (Lipinski definition) is 1. The Bertz CT molecular complexity index is 590. The Balaban J connectivity index is 2.17. The summed E-state index contributed by atoms with van der Waals surface area (Å²) >= 11 is 12.2. The highest BCUT2D eigenvalue weighted by molar-refractivity contribution is 6.35. The third kappa shape index (κ3) is 3.17. The van der Waals surface area contributed by atoms with E-state index in [1.54, 1.807) is 6.07 Å². The molecule has 20 heavy (non-hydrogen) atoms. The highest BCUT2D eigenvalue weighted by atomic mass is 35.5. The van der Waals surface area contributed by atoms with Crippen molar-refractivity contribution in [3.8, 4) is 0 Å². The van der Waals surface area contributed by atoms with Gasteiger partial charge in [-0.15, -0.1) is 0 Å². The molecule has 0 saturated carbocycles. The van der Waals surface area contributed by atoms with Crippen molar-refractivity contribution in [3.05, 3.63) is 50.8 Å². The molecule has 5 heteroatoms. The molecule has 2 aromatic rings. The van der Waals surface area contributed by atoms with Crippen LogP contribution in [0.3, 0.4) is 0 Å². The van der Waals surface area contributed by atoms with Gasteiger partial charge in [0.25, 0.3) is 0 Å². The minimum atomic E-state index is 0.100. The van der Waals surface area contributed by atoms with Crippen molar-refractivity contribution in [2.45, 2.75) is 39.8 Å². The van der Waals surface area contributed by atoms with Crippen LogP contribution in [0.25, 0.3) is 0 Å². The summed E-state index contributed by atoms with van der Waals surface area (Å²) < 4.78 is 5.21. The maximum Gasteiger partial charge on any atom is 0.138 e. The van der Waals surface area contributed by atoms with Crippen LogP contribution in [0.2, 0.25) is 10.0 Å². The van der Waals surface area contributed by atoms with Crippen molar-refractivity contribution in [2.24, 2.45) is 0 Å². The fourth-order valence-electron chi connectivity index (χ4n) is 2.51. The molecule has 1 aromatic carbocycles. The van der Waals surface area contributed by atoms with E-state index in [2.05, 4.69) is 24.3 Å². The molecule has 0 fully saturated rings. The lowest BCUT2D eigenvalue weighted by molar-refractivity contribution is 0.389. The molecule has 0 bridgehead atoms. The third-order valence-corrected chi connectivity index (χ3v) is 4.01. The monoisotopic (exact) mass is 312 g/mol. The van der Waals surface area contributed by atoms with Gasteiger partial charge in [0.15, 0.2) is 0 Å². The molecule has 1 heterocycles. The number of aryl methyl sites for hydroxylation is 2. The van der Waals surface area contributed by atoms with Crippen molar-refractivity contribution in [3.63, 3.8) is 0 Å². The molecule has 0 saturated heterocycles. The fourth-order valence-corrected chi connectivity index (χ4v) is 3.08. The SMILES string of the molecule is Cc1noc(C)c1C(C)NC(C)c1ccc(Cl)cc1Cl. The van der Waals surface area contributed by atoms with E-state index in [0.717, 1.165) is 22.6 Å². The van der Waals surface area contributed by atoms with Crippen LogP contribution >= 0.6 is 23.2 Å². The van der Waals surface area contributed by atoms with Crippen LogP contribution in [0.5, 0.6) is 0 Å². The number of aromatic nitrogens is 1. The summed E-state index contributed by atoms with van der Waals surface area (Å²) in [4.78, 5) is 0. The molecule has 0 amide bonds. The van der Waals surface area contributed by atoms with Gasteiger partial charge in [-0.1, -0.05) is 34.4 Å². The second-order valence-electron chi connectivity index (χ2n) is 5.01. The summed E-state index contributed by atoms with van der Waals surface area (Å²) in [6, 6.07) is 5.78. The molecule has 0 aliphatic carbocycles. The van der Waals surface area contributed by atoms with Gasteiger partial charge in [0.1, 0.15) is 5.76 Å². The average Bonchev–Trinajstić information content (AvgIpc) is 2.68. The number of halogens is 2. The van der Waals surface area contributed by atoms with Gasteiger partial charge in [0.2, 0.25) is 0 Å². The molecule has 0 spiro atoms. The summed E-state index contributed by atoms with van der Waals surface area (Å²) in [5.74, 6) is 0.844. The summed E-state index contributed by atoms with van der Waals surface area (Å²) in [5, 5.41) is 8.81. The standard InChI is InChI=1S/C15H18Cl2N2O/c1-8(13-6-5-12(16)7-14(13)17)18-9(2)15-10(3)19-20-11(15)4/h5-9,18H,1-4H3. The molecule has 2 atom stereocenters. The van der Waals surface area contributed by atoms with Gasteiger partial charge in [-0.2, -0.15) is 0 Å². The van der Waals surface area contributed by atoms with Gasteiger partial charge in [0.05, 0.1) is 5.69 Å². The second-order valence-corrected chi connectivity index (χ2v) is 5.86. The van der Waals surface area contributed by atoms with Crippen LogP contribution in [0, 0.1) is 13.8 Å². The third-order valence-electron chi connectivity index (χ3n) is 3.45. The average molecular weight is 313 g/mol. The minimum absolute atomic E-state index is 0.100. The smallest absolute Gasteiger partial charge is 0.138 e. The zero-order chi connectivity index (χ0) is 14.9. The van der Waals surface area contributed by atoms with Gasteiger partial charge >= 0.3 is 0 Å². The van der Waals surface area contributed by atoms with E-state index in [0.29, 0.717) is 10.0 Å². The first-order valence-electron chi connectivity index (χ1n) is 6.54. The summed E-state index contributed by atoms with van der Waals surface area (Å²) in [6.45, 7) is 8.04. The maximum atomic E-state index is 6.24. The van der Waals surface area contributed by atoms with Crippen molar-refractivity contribution < 1.29 is 4.52 Å². The Morgan fingerprint density at radius 3 is 2.40 bits per heavy atom. The first-order chi connectivity index (χ1) is 9.40. The minimum Gasteiger partial charge on any atom is -0.361 e. The van der Waals surface area contributed by atoms with E-state index < -0.39 is 0 Å². The van der Waals surface area contributed by atoms with Crippen LogP contribution in [0.15, 0.2) is 22.7 Å². The van der Waals surface area contributed by atoms with E-state index in [1.165, 1.54) is 0 Å². The lowest BCUT2D eigenvalue weighted by Crippen LogP contribution is -2.23. The van der Waals surface area contributed by atoms with Crippen molar-refractivity contribution >= 4 is 23.2 Å². The van der Waals surface area contributed by atoms with Gasteiger partial charge in [-0.25, -0.2) is 0 Å². The molecular weight excluding hydrogens is 295 g/mol. The Morgan fingerprint density at radius 1 is 1.15 bits per heavy atom. The molecule has 2 rings (SSSR count). The van der Waals surface area contributed by atoms with E-state index in [4.69, 9.17) is 27.7 Å². The highest BCUT2D eigenvalue weighted by Crippen LogP contribution is 2.29. The van der Waals surface area contributed by atoms with Gasteiger partial charge < -0.3 is 9.84 Å². The molecular formula is C15H18Cl2N2O. The number of benzene rings is 1. The predicted molar refractivity (Wildman–Crippen MR) is 82.4 cm³/mol. The molecule has 0 radical (unpaired) electrons. The van der Waals surface area contributed by atoms with Gasteiger partial charge in [0, 0.05) is 27.7 Å². The second kappa shape index (κ2) is 6.17. The van der Waals surface area contributed by atoms with E-state index in [9.17, 15) is 0 Å². The van der Waals surface area contributed by atoms with Crippen LogP contribution in [0.4, 0.5) is 0 Å². The predicted octanol–water partition coefficient (Wildman–Crippen LogP) is 5.01. The molecule has 0 aliphatic heterocycles. The number of hydrogen-bond acceptors (Lipinski definition) is 3. The largest absolute Gasteiger partial charge is 0.361 e. The van der Waals surface area contributed by atoms with Gasteiger partial charge in [-0.3, -0.25) is 0 Å². The van der Waals surface area contributed by atoms with Gasteiger partial charge in [-0.05, 0) is 45.4 Å². The zero-order valence-electron chi connectivity index (χ0n) is 12.0. The Kier molecular flexibility index (Phi) is 4.74. The number of nitrogens with one attached hydrogen (secondary N) is 1. The van der Waals surface area contributed by atoms with Crippen molar-refractivity contribution in [1.29, 1.82) is 0 Å². The molecule has 1 N–H and O–H groups in total. The van der Waals surface area contributed by atoms with Crippen LogP contribution < -0.4 is 5.32 Å². The maximum absolute atomic E-state index is 6.24. The fraction of sp³-hybridized carbons (Fsp3) is 0.400. The van der Waals surface area contributed by atoms with E-state index in [-0.39, 0.29) is 12.1 Å². The van der Waals surface area contributed by atoms with Crippen molar-refractivity contribution in [2.75, 3.05) is 0 Å². The topological polar surface area (TPSA) is 38.1 Å². The molecule has 3 nitrogen and oxygen atoms in total. The van der Waals surface area contributed by atoms with Crippen LogP contribution in [-0.2, 0) is 0 Å². The summed E-state index contributed by atoms with van der Waals surface area (Å²) in [7, 11) is 0. The number of rotatable bonds is 4. The quantitative estimate of drug-likeness (QED) is 0.862. The molecule has 1 aromatic heterocycles. The van der Waals surface area contributed by atoms with Crippen molar-refractivity contribution in [1.82, 2.24) is 10.5 Å². The Hall–Kier alpha value is -1.03. The molecule has 0 aliphatic rings. The normalized spacial score (nSPS) is 14.3. The van der Waals surface area contributed by atoms with Crippen LogP contribution in [-0.4, -0.2) is 5.16 Å². The first kappa shape index (κ1) is 15.4. The Morgan fingerprint density at radius 2 is 1.85 bits per heavy atom. The lowest BCUT2D eigenvalue weighted by Gasteiger charge is -2.21. The Labute approximate surface area is 129 Å². The highest BCUT2D eigenvalue weighted by Gasteiger charge is 2.19.